The number of carbonyl (C=O) groups excluding carboxylic acids is 1. The van der Waals surface area contributed by atoms with Gasteiger partial charge in [-0.25, -0.2) is 0 Å². The predicted octanol–water partition coefficient (Wildman–Crippen LogP) is 2.07. The Hall–Kier alpha value is -1.35. The fourth-order valence-electron chi connectivity index (χ4n) is 2.37. The minimum atomic E-state index is -0.160. The molecule has 0 aromatic heterocycles. The number of benzene rings is 1. The smallest absolute Gasteiger partial charge is 0.246 e. The molecule has 84 valence electrons. The van der Waals surface area contributed by atoms with E-state index in [1.165, 1.54) is 12.8 Å². The van der Waals surface area contributed by atoms with Gasteiger partial charge in [-0.3, -0.25) is 10.1 Å². The van der Waals surface area contributed by atoms with E-state index in [1.54, 1.807) is 0 Å². The lowest BCUT2D eigenvalue weighted by Gasteiger charge is -2.17. The fourth-order valence-corrected chi connectivity index (χ4v) is 2.37. The lowest BCUT2D eigenvalue weighted by atomic mass is 10.1. The molecule has 1 heterocycles. The summed E-state index contributed by atoms with van der Waals surface area (Å²) in [6.07, 6.45) is 2.59. The SMILES string of the molecule is CC(NC1C(=O)Nc2ccccc21)C1CC1. The number of rotatable bonds is 3. The molecule has 1 aliphatic heterocycles. The van der Waals surface area contributed by atoms with Crippen molar-refractivity contribution in [2.45, 2.75) is 31.8 Å². The predicted molar refractivity (Wildman–Crippen MR) is 63.1 cm³/mol. The lowest BCUT2D eigenvalue weighted by Crippen LogP contribution is -2.35. The van der Waals surface area contributed by atoms with Crippen LogP contribution in [-0.2, 0) is 4.79 Å². The molecular formula is C13H16N2O. The van der Waals surface area contributed by atoms with E-state index < -0.39 is 0 Å². The largest absolute Gasteiger partial charge is 0.324 e. The van der Waals surface area contributed by atoms with Crippen LogP contribution < -0.4 is 10.6 Å². The van der Waals surface area contributed by atoms with E-state index in [2.05, 4.69) is 17.6 Å². The summed E-state index contributed by atoms with van der Waals surface area (Å²) in [5, 5.41) is 6.35. The molecule has 3 heteroatoms. The highest BCUT2D eigenvalue weighted by Crippen LogP contribution is 2.36. The van der Waals surface area contributed by atoms with Crippen LogP contribution in [0.25, 0.3) is 0 Å². The number of hydrogen-bond donors (Lipinski definition) is 2. The average molecular weight is 216 g/mol. The Labute approximate surface area is 95.2 Å². The van der Waals surface area contributed by atoms with Gasteiger partial charge in [0.25, 0.3) is 0 Å². The first-order valence-corrected chi connectivity index (χ1v) is 5.91. The summed E-state index contributed by atoms with van der Waals surface area (Å²) < 4.78 is 0. The topological polar surface area (TPSA) is 41.1 Å². The van der Waals surface area contributed by atoms with Crippen LogP contribution in [0, 0.1) is 5.92 Å². The molecule has 2 atom stereocenters. The zero-order chi connectivity index (χ0) is 11.1. The van der Waals surface area contributed by atoms with Crippen molar-refractivity contribution in [3.05, 3.63) is 29.8 Å². The van der Waals surface area contributed by atoms with E-state index in [-0.39, 0.29) is 11.9 Å². The summed E-state index contributed by atoms with van der Waals surface area (Å²) in [5.74, 6) is 0.842. The molecule has 1 aliphatic carbocycles. The third kappa shape index (κ3) is 1.61. The van der Waals surface area contributed by atoms with Gasteiger partial charge >= 0.3 is 0 Å². The van der Waals surface area contributed by atoms with Crippen molar-refractivity contribution in [1.29, 1.82) is 0 Å². The second-order valence-electron chi connectivity index (χ2n) is 4.80. The molecule has 0 spiro atoms. The molecule has 3 rings (SSSR count). The Morgan fingerprint density at radius 3 is 2.88 bits per heavy atom. The first-order valence-electron chi connectivity index (χ1n) is 5.91. The van der Waals surface area contributed by atoms with E-state index in [0.29, 0.717) is 6.04 Å². The molecule has 2 aliphatic rings. The molecule has 0 bridgehead atoms. The van der Waals surface area contributed by atoms with Gasteiger partial charge in [0, 0.05) is 17.3 Å². The van der Waals surface area contributed by atoms with Crippen LogP contribution in [0.15, 0.2) is 24.3 Å². The van der Waals surface area contributed by atoms with Crippen molar-refractivity contribution >= 4 is 11.6 Å². The molecule has 0 saturated heterocycles. The number of para-hydroxylation sites is 1. The van der Waals surface area contributed by atoms with Crippen LogP contribution in [0.1, 0.15) is 31.4 Å². The normalized spacial score (nSPS) is 25.1. The van der Waals surface area contributed by atoms with E-state index in [9.17, 15) is 4.79 Å². The third-order valence-electron chi connectivity index (χ3n) is 3.55. The van der Waals surface area contributed by atoms with E-state index in [0.717, 1.165) is 17.2 Å². The molecule has 2 unspecified atom stereocenters. The molecule has 1 fully saturated rings. The molecule has 16 heavy (non-hydrogen) atoms. The van der Waals surface area contributed by atoms with E-state index >= 15 is 0 Å². The van der Waals surface area contributed by atoms with Gasteiger partial charge in [0.2, 0.25) is 5.91 Å². The maximum absolute atomic E-state index is 11.8. The van der Waals surface area contributed by atoms with Crippen LogP contribution in [0.3, 0.4) is 0 Å². The molecule has 1 aromatic carbocycles. The second-order valence-corrected chi connectivity index (χ2v) is 4.80. The van der Waals surface area contributed by atoms with Gasteiger partial charge < -0.3 is 5.32 Å². The minimum absolute atomic E-state index is 0.0775. The van der Waals surface area contributed by atoms with Crippen LogP contribution in [-0.4, -0.2) is 11.9 Å². The van der Waals surface area contributed by atoms with Crippen LogP contribution in [0.4, 0.5) is 5.69 Å². The van der Waals surface area contributed by atoms with Gasteiger partial charge in [0.15, 0.2) is 0 Å². The highest BCUT2D eigenvalue weighted by molar-refractivity contribution is 6.02. The van der Waals surface area contributed by atoms with Gasteiger partial charge in [0.1, 0.15) is 6.04 Å². The fraction of sp³-hybridized carbons (Fsp3) is 0.462. The van der Waals surface area contributed by atoms with E-state index in [1.807, 2.05) is 24.3 Å². The summed E-state index contributed by atoms with van der Waals surface area (Å²) in [6, 6.07) is 8.18. The standard InChI is InChI=1S/C13H16N2O/c1-8(9-6-7-9)14-12-10-4-2-3-5-11(10)15-13(12)16/h2-5,8-9,12,14H,6-7H2,1H3,(H,15,16). The first kappa shape index (κ1) is 9.85. The molecule has 3 nitrogen and oxygen atoms in total. The van der Waals surface area contributed by atoms with Crippen molar-refractivity contribution in [1.82, 2.24) is 5.32 Å². The average Bonchev–Trinajstić information content (AvgIpc) is 3.06. The van der Waals surface area contributed by atoms with Crippen molar-refractivity contribution in [3.8, 4) is 0 Å². The van der Waals surface area contributed by atoms with Crippen molar-refractivity contribution in [3.63, 3.8) is 0 Å². The van der Waals surface area contributed by atoms with Gasteiger partial charge in [-0.1, -0.05) is 18.2 Å². The number of amides is 1. The highest BCUT2D eigenvalue weighted by atomic mass is 16.2. The van der Waals surface area contributed by atoms with Crippen LogP contribution in [0.2, 0.25) is 0 Å². The van der Waals surface area contributed by atoms with Crippen LogP contribution in [0.5, 0.6) is 0 Å². The lowest BCUT2D eigenvalue weighted by molar-refractivity contribution is -0.117. The number of fused-ring (bicyclic) bond motifs is 1. The van der Waals surface area contributed by atoms with Crippen molar-refractivity contribution < 1.29 is 4.79 Å². The highest BCUT2D eigenvalue weighted by Gasteiger charge is 2.35. The van der Waals surface area contributed by atoms with Crippen molar-refractivity contribution in [2.75, 3.05) is 5.32 Å². The Morgan fingerprint density at radius 1 is 1.38 bits per heavy atom. The third-order valence-corrected chi connectivity index (χ3v) is 3.55. The monoisotopic (exact) mass is 216 g/mol. The molecule has 1 aromatic rings. The van der Waals surface area contributed by atoms with Gasteiger partial charge in [-0.15, -0.1) is 0 Å². The number of anilines is 1. The molecule has 2 N–H and O–H groups in total. The van der Waals surface area contributed by atoms with E-state index in [4.69, 9.17) is 0 Å². The molecule has 1 amide bonds. The van der Waals surface area contributed by atoms with Gasteiger partial charge in [0.05, 0.1) is 0 Å². The quantitative estimate of drug-likeness (QED) is 0.812. The zero-order valence-corrected chi connectivity index (χ0v) is 9.36. The Kier molecular flexibility index (Phi) is 2.21. The Balaban J connectivity index is 1.81. The minimum Gasteiger partial charge on any atom is -0.324 e. The van der Waals surface area contributed by atoms with Crippen LogP contribution >= 0.6 is 0 Å². The number of carbonyl (C=O) groups is 1. The second kappa shape index (κ2) is 3.59. The van der Waals surface area contributed by atoms with Gasteiger partial charge in [-0.2, -0.15) is 0 Å². The molecular weight excluding hydrogens is 200 g/mol. The summed E-state index contributed by atoms with van der Waals surface area (Å²) in [5.41, 5.74) is 2.04. The Morgan fingerprint density at radius 2 is 2.12 bits per heavy atom. The number of nitrogens with one attached hydrogen (secondary N) is 2. The zero-order valence-electron chi connectivity index (χ0n) is 9.36. The maximum Gasteiger partial charge on any atom is 0.246 e. The Bertz CT molecular complexity index is 426. The summed E-state index contributed by atoms with van der Waals surface area (Å²) in [6.45, 7) is 2.17. The summed E-state index contributed by atoms with van der Waals surface area (Å²) in [4.78, 5) is 11.8. The number of hydrogen-bond acceptors (Lipinski definition) is 2. The summed E-state index contributed by atoms with van der Waals surface area (Å²) >= 11 is 0. The maximum atomic E-state index is 11.8. The molecule has 0 radical (unpaired) electrons. The molecule has 1 saturated carbocycles. The van der Waals surface area contributed by atoms with Crippen molar-refractivity contribution in [2.24, 2.45) is 5.92 Å². The van der Waals surface area contributed by atoms with Gasteiger partial charge in [-0.05, 0) is 31.7 Å². The summed E-state index contributed by atoms with van der Waals surface area (Å²) in [7, 11) is 0. The first-order chi connectivity index (χ1) is 7.75.